The molecule has 0 radical (unpaired) electrons. The number of nitrogens with one attached hydrogen (secondary N) is 1. The van der Waals surface area contributed by atoms with Crippen molar-refractivity contribution < 1.29 is 9.59 Å². The van der Waals surface area contributed by atoms with Gasteiger partial charge in [-0.3, -0.25) is 9.59 Å². The number of carbonyl (C=O) groups excluding carboxylic acids is 2. The SMILES string of the molecule is CC(=O)N1CCC(C(=O)N[C@@H](c2ccccc2)C2CC2)CC1. The number of piperidine rings is 1. The Morgan fingerprint density at radius 3 is 2.27 bits per heavy atom. The molecular formula is C18H24N2O2. The topological polar surface area (TPSA) is 49.4 Å². The number of hydrogen-bond acceptors (Lipinski definition) is 2. The summed E-state index contributed by atoms with van der Waals surface area (Å²) in [7, 11) is 0. The summed E-state index contributed by atoms with van der Waals surface area (Å²) in [6, 6.07) is 10.4. The van der Waals surface area contributed by atoms with Gasteiger partial charge in [0.2, 0.25) is 11.8 Å². The van der Waals surface area contributed by atoms with Crippen LogP contribution in [0.4, 0.5) is 0 Å². The molecule has 1 aromatic carbocycles. The molecule has 2 amide bonds. The van der Waals surface area contributed by atoms with E-state index in [1.165, 1.54) is 18.4 Å². The predicted octanol–water partition coefficient (Wildman–Crippen LogP) is 2.51. The first kappa shape index (κ1) is 15.1. The molecule has 4 heteroatoms. The van der Waals surface area contributed by atoms with Crippen LogP contribution in [0, 0.1) is 11.8 Å². The van der Waals surface area contributed by atoms with Crippen LogP contribution < -0.4 is 5.32 Å². The van der Waals surface area contributed by atoms with E-state index in [0.29, 0.717) is 19.0 Å². The standard InChI is InChI=1S/C18H24N2O2/c1-13(21)20-11-9-16(10-12-20)18(22)19-17(15-7-8-15)14-5-3-2-4-6-14/h2-6,15-17H,7-12H2,1H3,(H,19,22)/t17-/m0/s1. The number of likely N-dealkylation sites (tertiary alicyclic amines) is 1. The predicted molar refractivity (Wildman–Crippen MR) is 85.0 cm³/mol. The fourth-order valence-corrected chi connectivity index (χ4v) is 3.29. The third-order valence-corrected chi connectivity index (χ3v) is 4.86. The highest BCUT2D eigenvalue weighted by Crippen LogP contribution is 2.41. The molecule has 1 heterocycles. The molecule has 1 atom stereocenters. The Hall–Kier alpha value is -1.84. The highest BCUT2D eigenvalue weighted by molar-refractivity contribution is 5.80. The molecule has 22 heavy (non-hydrogen) atoms. The van der Waals surface area contributed by atoms with E-state index in [2.05, 4.69) is 17.4 Å². The van der Waals surface area contributed by atoms with E-state index in [0.717, 1.165) is 12.8 Å². The van der Waals surface area contributed by atoms with E-state index in [-0.39, 0.29) is 23.8 Å². The zero-order chi connectivity index (χ0) is 15.5. The smallest absolute Gasteiger partial charge is 0.223 e. The maximum atomic E-state index is 12.6. The van der Waals surface area contributed by atoms with Gasteiger partial charge in [-0.15, -0.1) is 0 Å². The summed E-state index contributed by atoms with van der Waals surface area (Å²) < 4.78 is 0. The molecule has 0 unspecified atom stereocenters. The second kappa shape index (κ2) is 6.51. The number of hydrogen-bond donors (Lipinski definition) is 1. The molecule has 1 N–H and O–H groups in total. The van der Waals surface area contributed by atoms with Gasteiger partial charge in [-0.05, 0) is 37.2 Å². The number of nitrogens with zero attached hydrogens (tertiary/aromatic N) is 1. The molecule has 1 aliphatic heterocycles. The molecule has 3 rings (SSSR count). The molecular weight excluding hydrogens is 276 g/mol. The number of rotatable bonds is 4. The number of benzene rings is 1. The van der Waals surface area contributed by atoms with Gasteiger partial charge in [-0.2, -0.15) is 0 Å². The number of carbonyl (C=O) groups is 2. The molecule has 1 saturated carbocycles. The Morgan fingerprint density at radius 2 is 1.73 bits per heavy atom. The molecule has 0 bridgehead atoms. The van der Waals surface area contributed by atoms with Gasteiger partial charge in [0.1, 0.15) is 0 Å². The van der Waals surface area contributed by atoms with E-state index in [9.17, 15) is 9.59 Å². The van der Waals surface area contributed by atoms with Gasteiger partial charge in [0.25, 0.3) is 0 Å². The second-order valence-corrected chi connectivity index (χ2v) is 6.51. The van der Waals surface area contributed by atoms with Crippen molar-refractivity contribution in [3.8, 4) is 0 Å². The molecule has 1 saturated heterocycles. The van der Waals surface area contributed by atoms with Crippen LogP contribution in [0.3, 0.4) is 0 Å². The van der Waals surface area contributed by atoms with E-state index < -0.39 is 0 Å². The average molecular weight is 300 g/mol. The van der Waals surface area contributed by atoms with Crippen LogP contribution in [0.5, 0.6) is 0 Å². The molecule has 0 spiro atoms. The number of amides is 2. The van der Waals surface area contributed by atoms with E-state index in [1.807, 2.05) is 23.1 Å². The summed E-state index contributed by atoms with van der Waals surface area (Å²) >= 11 is 0. The molecule has 1 aliphatic carbocycles. The van der Waals surface area contributed by atoms with Gasteiger partial charge in [-0.25, -0.2) is 0 Å². The van der Waals surface area contributed by atoms with E-state index >= 15 is 0 Å². The van der Waals surface area contributed by atoms with Gasteiger partial charge < -0.3 is 10.2 Å². The summed E-state index contributed by atoms with van der Waals surface area (Å²) in [4.78, 5) is 25.8. The van der Waals surface area contributed by atoms with Crippen molar-refractivity contribution in [2.24, 2.45) is 11.8 Å². The summed E-state index contributed by atoms with van der Waals surface area (Å²) in [5.41, 5.74) is 1.21. The highest BCUT2D eigenvalue weighted by Gasteiger charge is 2.35. The van der Waals surface area contributed by atoms with Crippen LogP contribution in [0.15, 0.2) is 30.3 Å². The van der Waals surface area contributed by atoms with Crippen LogP contribution in [0.25, 0.3) is 0 Å². The van der Waals surface area contributed by atoms with Crippen molar-refractivity contribution in [1.82, 2.24) is 10.2 Å². The summed E-state index contributed by atoms with van der Waals surface area (Å²) in [6.45, 7) is 3.00. The first-order chi connectivity index (χ1) is 10.6. The fourth-order valence-electron chi connectivity index (χ4n) is 3.29. The Kier molecular flexibility index (Phi) is 4.46. The van der Waals surface area contributed by atoms with Gasteiger partial charge in [0.05, 0.1) is 6.04 Å². The van der Waals surface area contributed by atoms with Crippen LogP contribution in [-0.2, 0) is 9.59 Å². The third-order valence-electron chi connectivity index (χ3n) is 4.86. The van der Waals surface area contributed by atoms with Crippen molar-refractivity contribution in [2.45, 2.75) is 38.6 Å². The Bertz CT molecular complexity index is 531. The Balaban J connectivity index is 1.59. The summed E-state index contributed by atoms with van der Waals surface area (Å²) in [6.07, 6.45) is 3.94. The van der Waals surface area contributed by atoms with E-state index in [1.54, 1.807) is 6.92 Å². The summed E-state index contributed by atoms with van der Waals surface area (Å²) in [5.74, 6) is 0.896. The Labute approximate surface area is 131 Å². The highest BCUT2D eigenvalue weighted by atomic mass is 16.2. The lowest BCUT2D eigenvalue weighted by Gasteiger charge is -2.31. The second-order valence-electron chi connectivity index (χ2n) is 6.51. The molecule has 1 aromatic rings. The molecule has 118 valence electrons. The van der Waals surface area contributed by atoms with Crippen LogP contribution in [0.1, 0.15) is 44.2 Å². The quantitative estimate of drug-likeness (QED) is 0.929. The van der Waals surface area contributed by atoms with Crippen molar-refractivity contribution in [2.75, 3.05) is 13.1 Å². The fraction of sp³-hybridized carbons (Fsp3) is 0.556. The molecule has 0 aromatic heterocycles. The lowest BCUT2D eigenvalue weighted by Crippen LogP contribution is -2.43. The third kappa shape index (κ3) is 3.49. The first-order valence-corrected chi connectivity index (χ1v) is 8.26. The first-order valence-electron chi connectivity index (χ1n) is 8.26. The van der Waals surface area contributed by atoms with Crippen molar-refractivity contribution in [1.29, 1.82) is 0 Å². The zero-order valence-corrected chi connectivity index (χ0v) is 13.1. The normalized spacial score (nSPS) is 20.5. The minimum Gasteiger partial charge on any atom is -0.349 e. The lowest BCUT2D eigenvalue weighted by molar-refractivity contribution is -0.134. The van der Waals surface area contributed by atoms with E-state index in [4.69, 9.17) is 0 Å². The largest absolute Gasteiger partial charge is 0.349 e. The lowest BCUT2D eigenvalue weighted by atomic mass is 9.94. The van der Waals surface area contributed by atoms with Gasteiger partial charge in [0, 0.05) is 25.9 Å². The van der Waals surface area contributed by atoms with Gasteiger partial charge in [-0.1, -0.05) is 30.3 Å². The molecule has 2 fully saturated rings. The maximum absolute atomic E-state index is 12.6. The monoisotopic (exact) mass is 300 g/mol. The van der Waals surface area contributed by atoms with Gasteiger partial charge in [0.15, 0.2) is 0 Å². The molecule has 2 aliphatic rings. The van der Waals surface area contributed by atoms with Crippen molar-refractivity contribution >= 4 is 11.8 Å². The summed E-state index contributed by atoms with van der Waals surface area (Å²) in [5, 5.41) is 3.27. The minimum atomic E-state index is 0.0422. The van der Waals surface area contributed by atoms with Crippen molar-refractivity contribution in [3.05, 3.63) is 35.9 Å². The van der Waals surface area contributed by atoms with Gasteiger partial charge >= 0.3 is 0 Å². The zero-order valence-electron chi connectivity index (χ0n) is 13.1. The molecule has 4 nitrogen and oxygen atoms in total. The van der Waals surface area contributed by atoms with Crippen LogP contribution >= 0.6 is 0 Å². The Morgan fingerprint density at radius 1 is 1.09 bits per heavy atom. The van der Waals surface area contributed by atoms with Crippen LogP contribution in [-0.4, -0.2) is 29.8 Å². The average Bonchev–Trinajstić information content (AvgIpc) is 3.38. The minimum absolute atomic E-state index is 0.0422. The maximum Gasteiger partial charge on any atom is 0.223 e. The van der Waals surface area contributed by atoms with Crippen LogP contribution in [0.2, 0.25) is 0 Å². The van der Waals surface area contributed by atoms with Crippen molar-refractivity contribution in [3.63, 3.8) is 0 Å².